The Morgan fingerprint density at radius 2 is 2.10 bits per heavy atom. The molecule has 0 aliphatic carbocycles. The van der Waals surface area contributed by atoms with Gasteiger partial charge in [0.15, 0.2) is 0 Å². The number of aliphatic hydroxyl groups is 1. The molecule has 0 fully saturated rings. The normalized spacial score (nSPS) is 12.3. The summed E-state index contributed by atoms with van der Waals surface area (Å²) in [6, 6.07) is 4.54. The fourth-order valence-electron chi connectivity index (χ4n) is 1.74. The van der Waals surface area contributed by atoms with E-state index in [2.05, 4.69) is 5.32 Å². The second-order valence-electron chi connectivity index (χ2n) is 4.17. The van der Waals surface area contributed by atoms with Crippen molar-refractivity contribution in [3.63, 3.8) is 0 Å². The quantitative estimate of drug-likeness (QED) is 0.782. The number of carbonyl (C=O) groups is 2. The highest BCUT2D eigenvalue weighted by Gasteiger charge is 2.21. The number of amides is 1. The highest BCUT2D eigenvalue weighted by atomic mass is 32.1. The molecule has 2 aromatic rings. The molecule has 0 aliphatic rings. The number of nitrogens with one attached hydrogen (secondary N) is 1. The Morgan fingerprint density at radius 3 is 2.75 bits per heavy atom. The minimum atomic E-state index is -1.21. The first-order valence-electron chi connectivity index (χ1n) is 5.85. The average molecular weight is 297 g/mol. The second-order valence-corrected chi connectivity index (χ2v) is 5.25. The summed E-state index contributed by atoms with van der Waals surface area (Å²) in [6.07, 6.45) is -0.0689. The maximum Gasteiger partial charge on any atom is 0.326 e. The van der Waals surface area contributed by atoms with Crippen LogP contribution in [0.5, 0.6) is 0 Å². The van der Waals surface area contributed by atoms with Crippen LogP contribution in [0.15, 0.2) is 24.3 Å². The minimum Gasteiger partial charge on any atom is -0.480 e. The highest BCUT2D eigenvalue weighted by Crippen LogP contribution is 2.26. The van der Waals surface area contributed by atoms with Gasteiger partial charge in [0.1, 0.15) is 11.9 Å². The van der Waals surface area contributed by atoms with Crippen molar-refractivity contribution in [2.24, 2.45) is 0 Å². The molecular formula is C13H12FNO4S. The van der Waals surface area contributed by atoms with E-state index in [-0.39, 0.29) is 13.0 Å². The zero-order chi connectivity index (χ0) is 14.7. The van der Waals surface area contributed by atoms with E-state index in [1.807, 2.05) is 0 Å². The maximum absolute atomic E-state index is 13.1. The lowest BCUT2D eigenvalue weighted by molar-refractivity contribution is -0.139. The molecule has 7 heteroatoms. The van der Waals surface area contributed by atoms with Crippen LogP contribution in [0.3, 0.4) is 0 Å². The van der Waals surface area contributed by atoms with Gasteiger partial charge in [0, 0.05) is 17.7 Å². The van der Waals surface area contributed by atoms with Gasteiger partial charge in [0.25, 0.3) is 5.91 Å². The van der Waals surface area contributed by atoms with Crippen molar-refractivity contribution in [3.05, 3.63) is 35.0 Å². The van der Waals surface area contributed by atoms with Gasteiger partial charge in [-0.25, -0.2) is 9.18 Å². The van der Waals surface area contributed by atoms with Crippen molar-refractivity contribution >= 4 is 33.3 Å². The van der Waals surface area contributed by atoms with E-state index in [0.29, 0.717) is 10.3 Å². The molecule has 1 atom stereocenters. The molecule has 0 saturated carbocycles. The van der Waals surface area contributed by atoms with Gasteiger partial charge in [-0.15, -0.1) is 11.3 Å². The lowest BCUT2D eigenvalue weighted by Gasteiger charge is -2.11. The summed E-state index contributed by atoms with van der Waals surface area (Å²) >= 11 is 1.15. The van der Waals surface area contributed by atoms with Crippen molar-refractivity contribution in [1.29, 1.82) is 0 Å². The third-order valence-electron chi connectivity index (χ3n) is 2.72. The number of aliphatic hydroxyl groups excluding tert-OH is 1. The van der Waals surface area contributed by atoms with Crippen LogP contribution < -0.4 is 5.32 Å². The molecule has 2 rings (SSSR count). The Balaban J connectivity index is 2.20. The highest BCUT2D eigenvalue weighted by molar-refractivity contribution is 7.20. The first-order valence-corrected chi connectivity index (χ1v) is 6.66. The monoisotopic (exact) mass is 297 g/mol. The molecule has 0 saturated heterocycles. The summed E-state index contributed by atoms with van der Waals surface area (Å²) in [5, 5.41) is 20.6. The minimum absolute atomic E-state index is 0.0689. The van der Waals surface area contributed by atoms with E-state index in [1.54, 1.807) is 6.07 Å². The molecule has 1 heterocycles. The van der Waals surface area contributed by atoms with E-state index in [1.165, 1.54) is 18.2 Å². The van der Waals surface area contributed by atoms with Crippen LogP contribution in [0.4, 0.5) is 4.39 Å². The van der Waals surface area contributed by atoms with E-state index in [0.717, 1.165) is 16.0 Å². The lowest BCUT2D eigenvalue weighted by atomic mass is 10.2. The molecule has 20 heavy (non-hydrogen) atoms. The van der Waals surface area contributed by atoms with Crippen molar-refractivity contribution in [3.8, 4) is 0 Å². The van der Waals surface area contributed by atoms with Crippen LogP contribution in [-0.4, -0.2) is 34.7 Å². The Bertz CT molecular complexity index is 655. The van der Waals surface area contributed by atoms with E-state index >= 15 is 0 Å². The number of carboxylic acid groups (broad SMARTS) is 1. The van der Waals surface area contributed by atoms with Crippen LogP contribution in [-0.2, 0) is 4.79 Å². The maximum atomic E-state index is 13.1. The van der Waals surface area contributed by atoms with E-state index in [9.17, 15) is 14.0 Å². The second kappa shape index (κ2) is 5.98. The molecule has 0 bridgehead atoms. The summed E-state index contributed by atoms with van der Waals surface area (Å²) in [7, 11) is 0. The summed E-state index contributed by atoms with van der Waals surface area (Å²) in [5.74, 6) is -2.15. The Labute approximate surface area is 117 Å². The molecule has 0 radical (unpaired) electrons. The fourth-order valence-corrected chi connectivity index (χ4v) is 2.69. The van der Waals surface area contributed by atoms with Crippen LogP contribution in [0, 0.1) is 5.82 Å². The molecule has 1 aromatic heterocycles. The standard InChI is InChI=1S/C13H12FNO4S/c14-8-1-2-10-7(5-8)6-11(20-10)12(17)15-9(3-4-16)13(18)19/h1-2,5-6,9,16H,3-4H2,(H,15,17)(H,18,19)/t9-/m1/s1. The van der Waals surface area contributed by atoms with Crippen LogP contribution in [0.1, 0.15) is 16.1 Å². The number of carboxylic acids is 1. The topological polar surface area (TPSA) is 86.6 Å². The molecule has 0 aliphatic heterocycles. The lowest BCUT2D eigenvalue weighted by Crippen LogP contribution is -2.41. The molecule has 1 aromatic carbocycles. The largest absolute Gasteiger partial charge is 0.480 e. The predicted octanol–water partition coefficient (Wildman–Crippen LogP) is 1.61. The number of hydrogen-bond donors (Lipinski definition) is 3. The molecule has 0 spiro atoms. The first kappa shape index (κ1) is 14.4. The predicted molar refractivity (Wildman–Crippen MR) is 72.4 cm³/mol. The third kappa shape index (κ3) is 3.12. The van der Waals surface area contributed by atoms with Crippen molar-refractivity contribution in [2.45, 2.75) is 12.5 Å². The van der Waals surface area contributed by atoms with Gasteiger partial charge >= 0.3 is 5.97 Å². The average Bonchev–Trinajstić information content (AvgIpc) is 2.80. The van der Waals surface area contributed by atoms with Crippen molar-refractivity contribution in [1.82, 2.24) is 5.32 Å². The van der Waals surface area contributed by atoms with Gasteiger partial charge in [-0.3, -0.25) is 4.79 Å². The number of rotatable bonds is 5. The van der Waals surface area contributed by atoms with Gasteiger partial charge < -0.3 is 15.5 Å². The third-order valence-corrected chi connectivity index (χ3v) is 3.84. The molecule has 0 unspecified atom stereocenters. The molecule has 1 amide bonds. The summed E-state index contributed by atoms with van der Waals surface area (Å²) < 4.78 is 13.8. The van der Waals surface area contributed by atoms with E-state index < -0.39 is 23.7 Å². The molecule has 5 nitrogen and oxygen atoms in total. The number of fused-ring (bicyclic) bond motifs is 1. The number of thiophene rings is 1. The SMILES string of the molecule is O=C(N[C@H](CCO)C(=O)O)c1cc2cc(F)ccc2s1. The number of carbonyl (C=O) groups excluding carboxylic acids is 1. The van der Waals surface area contributed by atoms with Gasteiger partial charge in [-0.1, -0.05) is 0 Å². The smallest absolute Gasteiger partial charge is 0.326 e. The zero-order valence-electron chi connectivity index (χ0n) is 10.3. The molecular weight excluding hydrogens is 285 g/mol. The van der Waals surface area contributed by atoms with Crippen molar-refractivity contribution in [2.75, 3.05) is 6.61 Å². The Morgan fingerprint density at radius 1 is 1.35 bits per heavy atom. The van der Waals surface area contributed by atoms with Gasteiger partial charge in [0.05, 0.1) is 4.88 Å². The van der Waals surface area contributed by atoms with Gasteiger partial charge in [-0.05, 0) is 29.7 Å². The van der Waals surface area contributed by atoms with Crippen LogP contribution in [0.2, 0.25) is 0 Å². The number of halogens is 1. The fraction of sp³-hybridized carbons (Fsp3) is 0.231. The Kier molecular flexibility index (Phi) is 4.31. The molecule has 3 N–H and O–H groups in total. The summed E-state index contributed by atoms with van der Waals surface area (Å²) in [6.45, 7) is -0.338. The summed E-state index contributed by atoms with van der Waals surface area (Å²) in [4.78, 5) is 23.2. The first-order chi connectivity index (χ1) is 9.51. The Hall–Kier alpha value is -1.99. The van der Waals surface area contributed by atoms with Crippen LogP contribution in [0.25, 0.3) is 10.1 Å². The summed E-state index contributed by atoms with van der Waals surface area (Å²) in [5.41, 5.74) is 0. The zero-order valence-corrected chi connectivity index (χ0v) is 11.1. The molecule has 106 valence electrons. The number of hydrogen-bond acceptors (Lipinski definition) is 4. The van der Waals surface area contributed by atoms with E-state index in [4.69, 9.17) is 10.2 Å². The van der Waals surface area contributed by atoms with Gasteiger partial charge in [-0.2, -0.15) is 0 Å². The number of benzene rings is 1. The number of aliphatic carboxylic acids is 1. The van der Waals surface area contributed by atoms with Crippen LogP contribution >= 0.6 is 11.3 Å². The van der Waals surface area contributed by atoms with Gasteiger partial charge in [0.2, 0.25) is 0 Å². The van der Waals surface area contributed by atoms with Crippen molar-refractivity contribution < 1.29 is 24.2 Å².